The SMILES string of the molecule is Cc1cc(C)nc(NC(C(=O)O)C(C)C)c1. The van der Waals surface area contributed by atoms with E-state index in [0.29, 0.717) is 5.82 Å². The normalized spacial score (nSPS) is 12.6. The first-order valence-electron chi connectivity index (χ1n) is 5.35. The number of carbonyl (C=O) groups is 1. The lowest BCUT2D eigenvalue weighted by molar-refractivity contribution is -0.138. The van der Waals surface area contributed by atoms with Crippen molar-refractivity contribution in [2.24, 2.45) is 5.92 Å². The Bertz CT molecular complexity index is 368. The second kappa shape index (κ2) is 4.96. The predicted octanol–water partition coefficient (Wildman–Crippen LogP) is 2.22. The minimum absolute atomic E-state index is 0.0140. The van der Waals surface area contributed by atoms with Crippen LogP contribution in [0.1, 0.15) is 25.1 Å². The average Bonchev–Trinajstić information content (AvgIpc) is 2.11. The summed E-state index contributed by atoms with van der Waals surface area (Å²) >= 11 is 0. The Morgan fingerprint density at radius 1 is 1.38 bits per heavy atom. The molecule has 1 heterocycles. The van der Waals surface area contributed by atoms with E-state index in [4.69, 9.17) is 5.11 Å². The minimum atomic E-state index is -0.851. The molecule has 0 saturated carbocycles. The number of carboxylic acid groups (broad SMARTS) is 1. The van der Waals surface area contributed by atoms with Crippen LogP contribution in [-0.4, -0.2) is 22.1 Å². The van der Waals surface area contributed by atoms with Crippen LogP contribution in [0.15, 0.2) is 12.1 Å². The number of carboxylic acids is 1. The number of hydrogen-bond acceptors (Lipinski definition) is 3. The van der Waals surface area contributed by atoms with Gasteiger partial charge in [0.1, 0.15) is 11.9 Å². The minimum Gasteiger partial charge on any atom is -0.480 e. The lowest BCUT2D eigenvalue weighted by Crippen LogP contribution is -2.34. The topological polar surface area (TPSA) is 62.2 Å². The van der Waals surface area contributed by atoms with Crippen molar-refractivity contribution in [3.8, 4) is 0 Å². The monoisotopic (exact) mass is 222 g/mol. The molecule has 0 aliphatic rings. The van der Waals surface area contributed by atoms with Crippen LogP contribution in [0.5, 0.6) is 0 Å². The summed E-state index contributed by atoms with van der Waals surface area (Å²) in [5.41, 5.74) is 1.96. The molecule has 1 rings (SSSR count). The Labute approximate surface area is 95.7 Å². The molecule has 1 aromatic rings. The van der Waals surface area contributed by atoms with Gasteiger partial charge in [0.05, 0.1) is 0 Å². The molecular weight excluding hydrogens is 204 g/mol. The second-order valence-corrected chi connectivity index (χ2v) is 4.38. The van der Waals surface area contributed by atoms with Gasteiger partial charge in [-0.05, 0) is 37.5 Å². The van der Waals surface area contributed by atoms with Crippen LogP contribution in [0.4, 0.5) is 5.82 Å². The molecule has 1 aromatic heterocycles. The first kappa shape index (κ1) is 12.5. The van der Waals surface area contributed by atoms with E-state index in [1.807, 2.05) is 39.8 Å². The summed E-state index contributed by atoms with van der Waals surface area (Å²) in [6.07, 6.45) is 0. The van der Waals surface area contributed by atoms with Crippen molar-refractivity contribution in [2.45, 2.75) is 33.7 Å². The number of nitrogens with zero attached hydrogens (tertiary/aromatic N) is 1. The summed E-state index contributed by atoms with van der Waals surface area (Å²) in [5, 5.41) is 12.0. The fourth-order valence-corrected chi connectivity index (χ4v) is 1.59. The third-order valence-electron chi connectivity index (χ3n) is 2.33. The first-order chi connectivity index (χ1) is 7.40. The van der Waals surface area contributed by atoms with Gasteiger partial charge in [-0.2, -0.15) is 0 Å². The molecule has 0 saturated heterocycles. The summed E-state index contributed by atoms with van der Waals surface area (Å²) in [6.45, 7) is 7.59. The third kappa shape index (κ3) is 3.22. The maximum absolute atomic E-state index is 11.0. The lowest BCUT2D eigenvalue weighted by atomic mass is 10.0. The van der Waals surface area contributed by atoms with Gasteiger partial charge in [0.2, 0.25) is 0 Å². The van der Waals surface area contributed by atoms with Crippen LogP contribution in [0.2, 0.25) is 0 Å². The van der Waals surface area contributed by atoms with E-state index < -0.39 is 12.0 Å². The highest BCUT2D eigenvalue weighted by Gasteiger charge is 2.21. The maximum Gasteiger partial charge on any atom is 0.326 e. The molecule has 0 aliphatic carbocycles. The van der Waals surface area contributed by atoms with Crippen molar-refractivity contribution in [1.29, 1.82) is 0 Å². The Hall–Kier alpha value is -1.58. The van der Waals surface area contributed by atoms with Gasteiger partial charge >= 0.3 is 5.97 Å². The van der Waals surface area contributed by atoms with E-state index in [-0.39, 0.29) is 5.92 Å². The molecule has 1 atom stereocenters. The molecule has 0 radical (unpaired) electrons. The zero-order valence-electron chi connectivity index (χ0n) is 10.1. The van der Waals surface area contributed by atoms with E-state index >= 15 is 0 Å². The highest BCUT2D eigenvalue weighted by atomic mass is 16.4. The van der Waals surface area contributed by atoms with Crippen LogP contribution in [0.25, 0.3) is 0 Å². The molecule has 4 heteroatoms. The Morgan fingerprint density at radius 3 is 2.44 bits per heavy atom. The molecule has 1 unspecified atom stereocenters. The van der Waals surface area contributed by atoms with Gasteiger partial charge in [-0.25, -0.2) is 9.78 Å². The zero-order valence-corrected chi connectivity index (χ0v) is 10.1. The fourth-order valence-electron chi connectivity index (χ4n) is 1.59. The van der Waals surface area contributed by atoms with Gasteiger partial charge in [0.15, 0.2) is 0 Å². The average molecular weight is 222 g/mol. The maximum atomic E-state index is 11.0. The number of aryl methyl sites for hydroxylation is 2. The van der Waals surface area contributed by atoms with Gasteiger partial charge < -0.3 is 10.4 Å². The van der Waals surface area contributed by atoms with Crippen molar-refractivity contribution in [3.05, 3.63) is 23.4 Å². The van der Waals surface area contributed by atoms with Gasteiger partial charge in [-0.15, -0.1) is 0 Å². The fraction of sp³-hybridized carbons (Fsp3) is 0.500. The third-order valence-corrected chi connectivity index (χ3v) is 2.33. The number of pyridine rings is 1. The van der Waals surface area contributed by atoms with Crippen LogP contribution in [0, 0.1) is 19.8 Å². The number of aromatic nitrogens is 1. The van der Waals surface area contributed by atoms with E-state index in [0.717, 1.165) is 11.3 Å². The Balaban J connectivity index is 2.89. The summed E-state index contributed by atoms with van der Waals surface area (Å²) in [7, 11) is 0. The van der Waals surface area contributed by atoms with Gasteiger partial charge in [0.25, 0.3) is 0 Å². The Morgan fingerprint density at radius 2 is 2.00 bits per heavy atom. The van der Waals surface area contributed by atoms with Crippen molar-refractivity contribution in [2.75, 3.05) is 5.32 Å². The van der Waals surface area contributed by atoms with Crippen molar-refractivity contribution >= 4 is 11.8 Å². The zero-order chi connectivity index (χ0) is 12.3. The predicted molar refractivity (Wildman–Crippen MR) is 63.6 cm³/mol. The Kier molecular flexibility index (Phi) is 3.88. The smallest absolute Gasteiger partial charge is 0.326 e. The standard InChI is InChI=1S/C12H18N2O2/c1-7(2)11(12(15)16)14-10-6-8(3)5-9(4)13-10/h5-7,11H,1-4H3,(H,13,14)(H,15,16). The molecule has 0 spiro atoms. The molecule has 0 fully saturated rings. The first-order valence-corrected chi connectivity index (χ1v) is 5.35. The van der Waals surface area contributed by atoms with Crippen LogP contribution < -0.4 is 5.32 Å². The number of rotatable bonds is 4. The summed E-state index contributed by atoms with van der Waals surface area (Å²) in [5.74, 6) is -0.213. The van der Waals surface area contributed by atoms with Crippen molar-refractivity contribution in [3.63, 3.8) is 0 Å². The van der Waals surface area contributed by atoms with Crippen LogP contribution in [-0.2, 0) is 4.79 Å². The highest BCUT2D eigenvalue weighted by molar-refractivity contribution is 5.77. The summed E-state index contributed by atoms with van der Waals surface area (Å²) in [6, 6.07) is 3.20. The van der Waals surface area contributed by atoms with E-state index in [2.05, 4.69) is 10.3 Å². The highest BCUT2D eigenvalue weighted by Crippen LogP contribution is 2.13. The van der Waals surface area contributed by atoms with Crippen LogP contribution in [0.3, 0.4) is 0 Å². The molecule has 0 amide bonds. The van der Waals surface area contributed by atoms with Gasteiger partial charge in [-0.3, -0.25) is 0 Å². The van der Waals surface area contributed by atoms with E-state index in [1.54, 1.807) is 0 Å². The molecular formula is C12H18N2O2. The molecule has 2 N–H and O–H groups in total. The second-order valence-electron chi connectivity index (χ2n) is 4.38. The number of hydrogen-bond donors (Lipinski definition) is 2. The number of nitrogens with one attached hydrogen (secondary N) is 1. The van der Waals surface area contributed by atoms with Gasteiger partial charge in [0, 0.05) is 5.69 Å². The largest absolute Gasteiger partial charge is 0.480 e. The van der Waals surface area contributed by atoms with Crippen LogP contribution >= 0.6 is 0 Å². The van der Waals surface area contributed by atoms with Crippen molar-refractivity contribution in [1.82, 2.24) is 4.98 Å². The molecule has 88 valence electrons. The number of anilines is 1. The van der Waals surface area contributed by atoms with Crippen molar-refractivity contribution < 1.29 is 9.90 Å². The molecule has 0 bridgehead atoms. The molecule has 16 heavy (non-hydrogen) atoms. The van der Waals surface area contributed by atoms with E-state index in [1.165, 1.54) is 0 Å². The molecule has 0 aromatic carbocycles. The summed E-state index contributed by atoms with van der Waals surface area (Å²) < 4.78 is 0. The lowest BCUT2D eigenvalue weighted by Gasteiger charge is -2.18. The molecule has 0 aliphatic heterocycles. The van der Waals surface area contributed by atoms with Gasteiger partial charge in [-0.1, -0.05) is 13.8 Å². The number of aliphatic carboxylic acids is 1. The molecule has 4 nitrogen and oxygen atoms in total. The van der Waals surface area contributed by atoms with E-state index in [9.17, 15) is 4.79 Å². The quantitative estimate of drug-likeness (QED) is 0.820. The summed E-state index contributed by atoms with van der Waals surface area (Å²) in [4.78, 5) is 15.3.